The smallest absolute Gasteiger partial charge is 0.243 e. The number of nitrogens with one attached hydrogen (secondary N) is 2. The fourth-order valence-corrected chi connectivity index (χ4v) is 4.73. The molecule has 2 fully saturated rings. The Bertz CT molecular complexity index is 756. The third-order valence-electron chi connectivity index (χ3n) is 4.17. The molecule has 2 aliphatic rings. The molecule has 0 saturated carbocycles. The number of hydrogen-bond acceptors (Lipinski definition) is 4. The summed E-state index contributed by atoms with van der Waals surface area (Å²) in [5.41, 5.74) is 0.464. The average molecular weight is 358 g/mol. The highest BCUT2D eigenvalue weighted by Crippen LogP contribution is 2.25. The Balaban J connectivity index is 1.81. The van der Waals surface area contributed by atoms with Crippen LogP contribution in [0.25, 0.3) is 0 Å². The van der Waals surface area contributed by atoms with E-state index in [1.165, 1.54) is 11.0 Å². The minimum absolute atomic E-state index is 0.0395. The Hall–Kier alpha value is -1.64. The summed E-state index contributed by atoms with van der Waals surface area (Å²) < 4.78 is 27.7. The van der Waals surface area contributed by atoms with Gasteiger partial charge >= 0.3 is 0 Å². The van der Waals surface area contributed by atoms with Crippen molar-refractivity contribution in [3.63, 3.8) is 0 Å². The monoisotopic (exact) mass is 357 g/mol. The number of benzene rings is 1. The second kappa shape index (κ2) is 5.77. The van der Waals surface area contributed by atoms with Crippen molar-refractivity contribution in [3.8, 4) is 0 Å². The molecule has 23 heavy (non-hydrogen) atoms. The molecule has 0 unspecified atom stereocenters. The van der Waals surface area contributed by atoms with Gasteiger partial charge in [-0.25, -0.2) is 13.1 Å². The summed E-state index contributed by atoms with van der Waals surface area (Å²) >= 11 is 5.98. The number of amides is 2. The molecule has 0 bridgehead atoms. The molecule has 3 rings (SSSR count). The summed E-state index contributed by atoms with van der Waals surface area (Å²) in [6.07, 6.45) is 0.260. The summed E-state index contributed by atoms with van der Waals surface area (Å²) in [5, 5.41) is 2.88. The minimum atomic E-state index is -3.78. The topological polar surface area (TPSA) is 95.6 Å². The molecule has 2 amide bonds. The average Bonchev–Trinajstić information content (AvgIpc) is 2.90. The number of nitrogens with zero attached hydrogens (tertiary/aromatic N) is 1. The zero-order valence-corrected chi connectivity index (χ0v) is 13.9. The molecule has 0 radical (unpaired) electrons. The Kier molecular flexibility index (Phi) is 4.07. The lowest BCUT2D eigenvalue weighted by molar-refractivity contribution is -0.143. The molecule has 0 spiro atoms. The fourth-order valence-electron chi connectivity index (χ4n) is 2.99. The van der Waals surface area contributed by atoms with Crippen LogP contribution in [-0.2, 0) is 19.6 Å². The van der Waals surface area contributed by atoms with Crippen molar-refractivity contribution >= 4 is 33.4 Å². The molecule has 7 nitrogen and oxygen atoms in total. The van der Waals surface area contributed by atoms with Crippen LogP contribution >= 0.6 is 11.6 Å². The quantitative estimate of drug-likeness (QED) is 0.797. The van der Waals surface area contributed by atoms with E-state index in [1.54, 1.807) is 19.1 Å². The highest BCUT2D eigenvalue weighted by atomic mass is 35.5. The lowest BCUT2D eigenvalue weighted by Crippen LogP contribution is -2.55. The fraction of sp³-hybridized carbons (Fsp3) is 0.429. The van der Waals surface area contributed by atoms with Crippen LogP contribution < -0.4 is 10.0 Å². The van der Waals surface area contributed by atoms with E-state index in [0.717, 1.165) is 0 Å². The standard InChI is InChI=1S/C14H16ClN3O4S/c1-8-10(15)3-2-4-12(8)23(21,22)17-9-5-11-14(20)16-6-13(19)18(11)7-9/h2-4,9,11,17H,5-7H2,1H3,(H,16,20)/t9-,11+/m1/s1. The molecule has 0 aromatic heterocycles. The van der Waals surface area contributed by atoms with Gasteiger partial charge in [-0.1, -0.05) is 17.7 Å². The van der Waals surface area contributed by atoms with Crippen LogP contribution in [0.4, 0.5) is 0 Å². The second-order valence-electron chi connectivity index (χ2n) is 5.70. The predicted molar refractivity (Wildman–Crippen MR) is 83.4 cm³/mol. The van der Waals surface area contributed by atoms with Gasteiger partial charge in [0.05, 0.1) is 11.4 Å². The number of carbonyl (C=O) groups excluding carboxylic acids is 2. The molecule has 2 N–H and O–H groups in total. The summed E-state index contributed by atoms with van der Waals surface area (Å²) in [4.78, 5) is 25.1. The van der Waals surface area contributed by atoms with Gasteiger partial charge in [-0.2, -0.15) is 0 Å². The van der Waals surface area contributed by atoms with Crippen LogP contribution in [0, 0.1) is 6.92 Å². The molecule has 1 aromatic carbocycles. The Morgan fingerprint density at radius 3 is 2.78 bits per heavy atom. The van der Waals surface area contributed by atoms with E-state index in [9.17, 15) is 18.0 Å². The van der Waals surface area contributed by atoms with Crippen LogP contribution in [0.15, 0.2) is 23.1 Å². The van der Waals surface area contributed by atoms with Crippen LogP contribution in [0.3, 0.4) is 0 Å². The molecule has 1 aromatic rings. The minimum Gasteiger partial charge on any atom is -0.345 e. The van der Waals surface area contributed by atoms with E-state index >= 15 is 0 Å². The van der Waals surface area contributed by atoms with Crippen LogP contribution in [-0.4, -0.2) is 50.3 Å². The molecule has 2 heterocycles. The summed E-state index contributed by atoms with van der Waals surface area (Å²) in [6, 6.07) is 3.55. The van der Waals surface area contributed by atoms with Gasteiger partial charge in [-0.3, -0.25) is 9.59 Å². The van der Waals surface area contributed by atoms with Crippen molar-refractivity contribution in [2.75, 3.05) is 13.1 Å². The largest absolute Gasteiger partial charge is 0.345 e. The number of carbonyl (C=O) groups is 2. The normalized spacial score (nSPS) is 24.5. The molecule has 9 heteroatoms. The van der Waals surface area contributed by atoms with E-state index in [2.05, 4.69) is 10.0 Å². The third kappa shape index (κ3) is 2.93. The van der Waals surface area contributed by atoms with E-state index in [-0.39, 0.29) is 36.2 Å². The first-order valence-electron chi connectivity index (χ1n) is 7.14. The lowest BCUT2D eigenvalue weighted by atomic mass is 10.1. The molecule has 2 aliphatic heterocycles. The number of sulfonamides is 1. The van der Waals surface area contributed by atoms with Crippen molar-refractivity contribution in [2.45, 2.75) is 30.3 Å². The van der Waals surface area contributed by atoms with Gasteiger partial charge < -0.3 is 10.2 Å². The number of hydrogen-bond donors (Lipinski definition) is 2. The summed E-state index contributed by atoms with van der Waals surface area (Å²) in [6.45, 7) is 1.78. The van der Waals surface area contributed by atoms with Gasteiger partial charge in [0.2, 0.25) is 21.8 Å². The predicted octanol–water partition coefficient (Wildman–Crippen LogP) is 0.0260. The van der Waals surface area contributed by atoms with Gasteiger partial charge in [0.1, 0.15) is 6.04 Å². The first-order chi connectivity index (χ1) is 10.8. The van der Waals surface area contributed by atoms with Gasteiger partial charge in [-0.15, -0.1) is 0 Å². The molecule has 2 atom stereocenters. The van der Waals surface area contributed by atoms with Crippen molar-refractivity contribution in [2.24, 2.45) is 0 Å². The maximum atomic E-state index is 12.6. The Labute approximate surface area is 139 Å². The molecular formula is C14H16ClN3O4S. The van der Waals surface area contributed by atoms with E-state index < -0.39 is 22.1 Å². The Morgan fingerprint density at radius 2 is 2.09 bits per heavy atom. The van der Waals surface area contributed by atoms with Crippen molar-refractivity contribution in [3.05, 3.63) is 28.8 Å². The van der Waals surface area contributed by atoms with Crippen LogP contribution in [0.5, 0.6) is 0 Å². The summed E-state index contributed by atoms with van der Waals surface area (Å²) in [7, 11) is -3.78. The number of fused-ring (bicyclic) bond motifs is 1. The molecular weight excluding hydrogens is 342 g/mol. The first-order valence-corrected chi connectivity index (χ1v) is 9.00. The zero-order valence-electron chi connectivity index (χ0n) is 12.4. The maximum Gasteiger partial charge on any atom is 0.243 e. The van der Waals surface area contributed by atoms with Gasteiger partial charge in [0.15, 0.2) is 0 Å². The highest BCUT2D eigenvalue weighted by Gasteiger charge is 2.43. The SMILES string of the molecule is Cc1c(Cl)cccc1S(=O)(=O)N[C@@H]1C[C@H]2C(=O)NCC(=O)N2C1. The second-order valence-corrected chi connectivity index (χ2v) is 7.79. The Morgan fingerprint density at radius 1 is 1.35 bits per heavy atom. The van der Waals surface area contributed by atoms with Crippen molar-refractivity contribution in [1.82, 2.24) is 14.9 Å². The van der Waals surface area contributed by atoms with Crippen LogP contribution in [0.2, 0.25) is 5.02 Å². The number of halogens is 1. The number of rotatable bonds is 3. The van der Waals surface area contributed by atoms with Gasteiger partial charge in [0, 0.05) is 17.6 Å². The molecule has 124 valence electrons. The van der Waals surface area contributed by atoms with E-state index in [0.29, 0.717) is 10.6 Å². The van der Waals surface area contributed by atoms with Gasteiger partial charge in [-0.05, 0) is 31.0 Å². The van der Waals surface area contributed by atoms with Crippen molar-refractivity contribution < 1.29 is 18.0 Å². The highest BCUT2D eigenvalue weighted by molar-refractivity contribution is 7.89. The van der Waals surface area contributed by atoms with Crippen molar-refractivity contribution in [1.29, 1.82) is 0 Å². The van der Waals surface area contributed by atoms with Gasteiger partial charge in [0.25, 0.3) is 0 Å². The zero-order chi connectivity index (χ0) is 16.8. The molecule has 0 aliphatic carbocycles. The van der Waals surface area contributed by atoms with E-state index in [1.807, 2.05) is 0 Å². The summed E-state index contributed by atoms with van der Waals surface area (Å²) in [5.74, 6) is -0.444. The number of piperazine rings is 1. The third-order valence-corrected chi connectivity index (χ3v) is 6.24. The lowest BCUT2D eigenvalue weighted by Gasteiger charge is -2.28. The molecule has 2 saturated heterocycles. The first kappa shape index (κ1) is 16.2. The maximum absolute atomic E-state index is 12.6. The van der Waals surface area contributed by atoms with E-state index in [4.69, 9.17) is 11.6 Å². The van der Waals surface area contributed by atoms with Crippen LogP contribution in [0.1, 0.15) is 12.0 Å².